The number of rotatable bonds is 5. The van der Waals surface area contributed by atoms with E-state index in [9.17, 15) is 39.9 Å². The zero-order valence-corrected chi connectivity index (χ0v) is 15.5. The number of aliphatic hydroxyl groups excluding tert-OH is 5. The molecule has 29 heavy (non-hydrogen) atoms. The van der Waals surface area contributed by atoms with Gasteiger partial charge in [0.15, 0.2) is 18.5 Å². The maximum Gasteiger partial charge on any atom is 0.369 e. The van der Waals surface area contributed by atoms with Gasteiger partial charge in [0.2, 0.25) is 0 Å². The summed E-state index contributed by atoms with van der Waals surface area (Å²) in [7, 11) is 2.79. The first-order valence-electron chi connectivity index (χ1n) is 8.21. The van der Waals surface area contributed by atoms with Crippen molar-refractivity contribution in [3.05, 3.63) is 0 Å². The fourth-order valence-electron chi connectivity index (χ4n) is 2.91. The van der Waals surface area contributed by atoms with Gasteiger partial charge in [0.1, 0.15) is 30.5 Å². The third-order valence-corrected chi connectivity index (χ3v) is 4.52. The van der Waals surface area contributed by atoms with Crippen molar-refractivity contribution in [3.8, 4) is 0 Å². The van der Waals surface area contributed by atoms with Crippen LogP contribution in [0.2, 0.25) is 0 Å². The standard InChI is InChI=1S/C15H22O14/c1-24-11(21)8-5(17)4(16)6(18)13(27-8)29-15(14(23)26-3)10(20)7(19)9(28-15)12(22)25-2/h4-10,13,16-20H,1-3H3/t4?,5-,6?,7?,8?,9-,10?,13-,15+/m0/s1. The molecule has 2 saturated heterocycles. The molecule has 0 bridgehead atoms. The lowest BCUT2D eigenvalue weighted by atomic mass is 9.98. The van der Waals surface area contributed by atoms with Gasteiger partial charge in [0.05, 0.1) is 21.3 Å². The molecule has 0 radical (unpaired) electrons. The van der Waals surface area contributed by atoms with Crippen LogP contribution < -0.4 is 0 Å². The molecule has 2 heterocycles. The maximum atomic E-state index is 12.3. The Labute approximate surface area is 163 Å². The third-order valence-electron chi connectivity index (χ3n) is 4.52. The Kier molecular flexibility index (Phi) is 7.13. The van der Waals surface area contributed by atoms with Crippen molar-refractivity contribution in [2.45, 2.75) is 54.8 Å². The van der Waals surface area contributed by atoms with Crippen molar-refractivity contribution in [3.63, 3.8) is 0 Å². The largest absolute Gasteiger partial charge is 0.467 e. The van der Waals surface area contributed by atoms with Gasteiger partial charge >= 0.3 is 23.7 Å². The average molecular weight is 426 g/mol. The van der Waals surface area contributed by atoms with Crippen LogP contribution in [0.5, 0.6) is 0 Å². The Morgan fingerprint density at radius 1 is 0.759 bits per heavy atom. The number of carbonyl (C=O) groups excluding carboxylic acids is 3. The van der Waals surface area contributed by atoms with Gasteiger partial charge in [-0.15, -0.1) is 0 Å². The number of carbonyl (C=O) groups is 3. The molecule has 166 valence electrons. The molecule has 2 rings (SSSR count). The molecule has 0 aliphatic carbocycles. The summed E-state index contributed by atoms with van der Waals surface area (Å²) >= 11 is 0. The van der Waals surface area contributed by atoms with E-state index in [0.717, 1.165) is 21.3 Å². The molecule has 0 aromatic rings. The number of aliphatic hydroxyl groups is 5. The lowest BCUT2D eigenvalue weighted by molar-refractivity contribution is -0.364. The van der Waals surface area contributed by atoms with Gasteiger partial charge in [0.25, 0.3) is 0 Å². The highest BCUT2D eigenvalue weighted by atomic mass is 16.8. The van der Waals surface area contributed by atoms with Crippen LogP contribution in [0.15, 0.2) is 0 Å². The number of methoxy groups -OCH3 is 3. The lowest BCUT2D eigenvalue weighted by Gasteiger charge is -2.42. The summed E-state index contributed by atoms with van der Waals surface area (Å²) in [5.41, 5.74) is 0. The molecule has 0 spiro atoms. The molecule has 5 unspecified atom stereocenters. The predicted molar refractivity (Wildman–Crippen MR) is 83.4 cm³/mol. The van der Waals surface area contributed by atoms with Crippen LogP contribution in [-0.4, -0.2) is 120 Å². The van der Waals surface area contributed by atoms with Crippen LogP contribution in [0, 0.1) is 0 Å². The molecule has 0 aromatic carbocycles. The molecule has 14 heteroatoms. The van der Waals surface area contributed by atoms with E-state index in [1.807, 2.05) is 0 Å². The van der Waals surface area contributed by atoms with E-state index < -0.39 is 72.7 Å². The number of esters is 3. The van der Waals surface area contributed by atoms with E-state index in [-0.39, 0.29) is 0 Å². The summed E-state index contributed by atoms with van der Waals surface area (Å²) in [5, 5.41) is 50.4. The van der Waals surface area contributed by atoms with Crippen molar-refractivity contribution in [2.24, 2.45) is 0 Å². The van der Waals surface area contributed by atoms with Gasteiger partial charge in [0, 0.05) is 0 Å². The Hall–Kier alpha value is -1.91. The van der Waals surface area contributed by atoms with E-state index in [1.165, 1.54) is 0 Å². The fraction of sp³-hybridized carbons (Fsp3) is 0.800. The SMILES string of the molecule is COC(=O)C1O[C@@H](O[C@]2(C(=O)OC)O[C@H](C(=O)OC)C(O)C2O)C(O)C(O)[C@@H]1O. The molecule has 0 aromatic heterocycles. The third kappa shape index (κ3) is 3.93. The van der Waals surface area contributed by atoms with Gasteiger partial charge in [-0.3, -0.25) is 0 Å². The Bertz CT molecular complexity index is 639. The molecular weight excluding hydrogens is 404 g/mol. The topological polar surface area (TPSA) is 208 Å². The zero-order valence-electron chi connectivity index (χ0n) is 15.5. The van der Waals surface area contributed by atoms with E-state index >= 15 is 0 Å². The minimum atomic E-state index is -2.92. The lowest BCUT2D eigenvalue weighted by Crippen LogP contribution is -2.64. The molecule has 2 aliphatic heterocycles. The molecule has 5 N–H and O–H groups in total. The molecule has 14 nitrogen and oxygen atoms in total. The monoisotopic (exact) mass is 426 g/mol. The second-order valence-corrected chi connectivity index (χ2v) is 6.19. The van der Waals surface area contributed by atoms with Gasteiger partial charge in [-0.25, -0.2) is 14.4 Å². The van der Waals surface area contributed by atoms with Gasteiger partial charge in [-0.05, 0) is 0 Å². The first kappa shape index (κ1) is 23.4. The van der Waals surface area contributed by atoms with Crippen molar-refractivity contribution in [2.75, 3.05) is 21.3 Å². The molecule has 9 atom stereocenters. The number of hydrogen-bond donors (Lipinski definition) is 5. The predicted octanol–water partition coefficient (Wildman–Crippen LogP) is -4.85. The minimum Gasteiger partial charge on any atom is -0.467 e. The highest BCUT2D eigenvalue weighted by Crippen LogP contribution is 2.37. The quantitative estimate of drug-likeness (QED) is 0.206. The van der Waals surface area contributed by atoms with Crippen LogP contribution in [0.3, 0.4) is 0 Å². The Morgan fingerprint density at radius 2 is 1.31 bits per heavy atom. The van der Waals surface area contributed by atoms with Crippen LogP contribution >= 0.6 is 0 Å². The van der Waals surface area contributed by atoms with E-state index in [4.69, 9.17) is 14.2 Å². The summed E-state index contributed by atoms with van der Waals surface area (Å²) in [4.78, 5) is 35.8. The van der Waals surface area contributed by atoms with Crippen LogP contribution in [0.25, 0.3) is 0 Å². The highest BCUT2D eigenvalue weighted by molar-refractivity contribution is 5.83. The smallest absolute Gasteiger partial charge is 0.369 e. The molecular formula is C15H22O14. The van der Waals surface area contributed by atoms with Crippen molar-refractivity contribution >= 4 is 17.9 Å². The second kappa shape index (κ2) is 8.85. The second-order valence-electron chi connectivity index (χ2n) is 6.19. The molecule has 0 saturated carbocycles. The van der Waals surface area contributed by atoms with Gasteiger partial charge in [-0.1, -0.05) is 0 Å². The van der Waals surface area contributed by atoms with Crippen LogP contribution in [0.4, 0.5) is 0 Å². The van der Waals surface area contributed by atoms with E-state index in [1.54, 1.807) is 0 Å². The fourth-order valence-corrected chi connectivity index (χ4v) is 2.91. The summed E-state index contributed by atoms with van der Waals surface area (Å²) in [6, 6.07) is 0. The van der Waals surface area contributed by atoms with E-state index in [0.29, 0.717) is 0 Å². The average Bonchev–Trinajstić information content (AvgIpc) is 2.98. The van der Waals surface area contributed by atoms with Gasteiger partial charge in [-0.2, -0.15) is 0 Å². The van der Waals surface area contributed by atoms with Crippen molar-refractivity contribution in [1.82, 2.24) is 0 Å². The maximum absolute atomic E-state index is 12.3. The van der Waals surface area contributed by atoms with Crippen LogP contribution in [0.1, 0.15) is 0 Å². The Balaban J connectivity index is 2.38. The molecule has 0 amide bonds. The summed E-state index contributed by atoms with van der Waals surface area (Å²) in [6.07, 6.45) is -16.1. The molecule has 2 fully saturated rings. The summed E-state index contributed by atoms with van der Waals surface area (Å²) in [5.74, 6) is -6.67. The van der Waals surface area contributed by atoms with Crippen molar-refractivity contribution in [1.29, 1.82) is 0 Å². The van der Waals surface area contributed by atoms with E-state index in [2.05, 4.69) is 14.2 Å². The summed E-state index contributed by atoms with van der Waals surface area (Å²) < 4.78 is 28.7. The normalized spacial score (nSPS) is 42.2. The zero-order chi connectivity index (χ0) is 22.1. The first-order chi connectivity index (χ1) is 13.5. The highest BCUT2D eigenvalue weighted by Gasteiger charge is 2.66. The number of hydrogen-bond acceptors (Lipinski definition) is 14. The summed E-state index contributed by atoms with van der Waals surface area (Å²) in [6.45, 7) is 0. The molecule has 2 aliphatic rings. The Morgan fingerprint density at radius 3 is 1.83 bits per heavy atom. The minimum absolute atomic E-state index is 0.870. The van der Waals surface area contributed by atoms with Crippen molar-refractivity contribution < 1.29 is 68.3 Å². The first-order valence-corrected chi connectivity index (χ1v) is 8.21. The van der Waals surface area contributed by atoms with Crippen LogP contribution in [-0.2, 0) is 42.8 Å². The number of ether oxygens (including phenoxy) is 6. The van der Waals surface area contributed by atoms with Gasteiger partial charge < -0.3 is 54.0 Å².